The van der Waals surface area contributed by atoms with Gasteiger partial charge < -0.3 is 14.2 Å². The Hall–Kier alpha value is -1.71. The summed E-state index contributed by atoms with van der Waals surface area (Å²) in [5.41, 5.74) is 3.81. The summed E-state index contributed by atoms with van der Waals surface area (Å²) in [5.74, 6) is 4.04. The number of hydrogen-bond acceptors (Lipinski definition) is 4. The minimum absolute atomic E-state index is 0.136. The van der Waals surface area contributed by atoms with Gasteiger partial charge >= 0.3 is 5.97 Å². The molecule has 0 saturated carbocycles. The van der Waals surface area contributed by atoms with Crippen molar-refractivity contribution in [3.05, 3.63) is 22.3 Å². The molecule has 35 heavy (non-hydrogen) atoms. The van der Waals surface area contributed by atoms with E-state index in [0.717, 1.165) is 64.9 Å². The largest absolute Gasteiger partial charge is 0.496 e. The molecule has 0 N–H and O–H groups in total. The summed E-state index contributed by atoms with van der Waals surface area (Å²) < 4.78 is 18.3. The van der Waals surface area contributed by atoms with E-state index in [1.165, 1.54) is 44.9 Å². The van der Waals surface area contributed by atoms with Crippen LogP contribution in [0, 0.1) is 38.5 Å². The molecule has 2 aliphatic heterocycles. The number of carbonyl (C=O) groups is 1. The zero-order chi connectivity index (χ0) is 25.8. The fourth-order valence-corrected chi connectivity index (χ4v) is 6.30. The molecule has 1 aromatic carbocycles. The Kier molecular flexibility index (Phi) is 9.57. The van der Waals surface area contributed by atoms with Crippen LogP contribution in [-0.4, -0.2) is 18.7 Å². The van der Waals surface area contributed by atoms with E-state index in [-0.39, 0.29) is 12.1 Å². The molecule has 1 fully saturated rings. The lowest BCUT2D eigenvalue weighted by atomic mass is 9.78. The predicted molar refractivity (Wildman–Crippen MR) is 143 cm³/mol. The molecule has 0 unspecified atom stereocenters. The van der Waals surface area contributed by atoms with Gasteiger partial charge in [0, 0.05) is 17.5 Å². The van der Waals surface area contributed by atoms with Crippen LogP contribution in [-0.2, 0) is 9.53 Å². The van der Waals surface area contributed by atoms with Crippen LogP contribution in [0.5, 0.6) is 11.5 Å². The third kappa shape index (κ3) is 6.74. The molecule has 2 heterocycles. The van der Waals surface area contributed by atoms with Crippen molar-refractivity contribution >= 4 is 5.97 Å². The van der Waals surface area contributed by atoms with E-state index in [0.29, 0.717) is 12.3 Å². The topological polar surface area (TPSA) is 44.8 Å². The first kappa shape index (κ1) is 27.9. The highest BCUT2D eigenvalue weighted by Gasteiger charge is 2.49. The Morgan fingerprint density at radius 1 is 0.886 bits per heavy atom. The molecule has 0 spiro atoms. The first-order chi connectivity index (χ1) is 16.6. The van der Waals surface area contributed by atoms with Crippen molar-refractivity contribution in [2.75, 3.05) is 7.11 Å². The highest BCUT2D eigenvalue weighted by molar-refractivity contribution is 5.74. The molecule has 1 aromatic rings. The monoisotopic (exact) mass is 486 g/mol. The molecule has 4 atom stereocenters. The number of fused-ring (bicyclic) bond motifs is 4. The van der Waals surface area contributed by atoms with Gasteiger partial charge in [0.2, 0.25) is 0 Å². The van der Waals surface area contributed by atoms with Gasteiger partial charge in [0.05, 0.1) is 13.5 Å². The molecule has 2 bridgehead atoms. The van der Waals surface area contributed by atoms with Gasteiger partial charge in [0.25, 0.3) is 0 Å². The van der Waals surface area contributed by atoms with E-state index in [9.17, 15) is 4.79 Å². The number of benzene rings is 1. The van der Waals surface area contributed by atoms with Crippen molar-refractivity contribution in [3.63, 3.8) is 0 Å². The van der Waals surface area contributed by atoms with Crippen molar-refractivity contribution in [1.29, 1.82) is 0 Å². The second-order valence-electron chi connectivity index (χ2n) is 12.2. The van der Waals surface area contributed by atoms with E-state index < -0.39 is 5.60 Å². The highest BCUT2D eigenvalue weighted by Crippen LogP contribution is 2.53. The Morgan fingerprint density at radius 3 is 2.09 bits per heavy atom. The Balaban J connectivity index is 1.55. The summed E-state index contributed by atoms with van der Waals surface area (Å²) in [6, 6.07) is 0. The van der Waals surface area contributed by atoms with Gasteiger partial charge in [-0.25, -0.2) is 0 Å². The zero-order valence-corrected chi connectivity index (χ0v) is 23.7. The van der Waals surface area contributed by atoms with E-state index >= 15 is 0 Å². The number of ether oxygens (including phenoxy) is 3. The lowest BCUT2D eigenvalue weighted by Crippen LogP contribution is -2.48. The molecule has 4 nitrogen and oxygen atoms in total. The second kappa shape index (κ2) is 12.0. The standard InChI is InChI=1S/C31H50O4/c1-20(2)12-9-13-21(3)14-10-15-22(4)16-11-17-31-18-26(34-27(32)19-31)28-25(7)29(33-8)23(5)24(6)30(28)35-31/h20-22,26H,9-19H2,1-8H3/t21-,22-,26+,31+/m1/s1. The summed E-state index contributed by atoms with van der Waals surface area (Å²) in [6.07, 6.45) is 12.1. The van der Waals surface area contributed by atoms with Gasteiger partial charge in [-0.15, -0.1) is 0 Å². The van der Waals surface area contributed by atoms with Crippen molar-refractivity contribution in [2.24, 2.45) is 17.8 Å². The maximum Gasteiger partial charge on any atom is 0.310 e. The van der Waals surface area contributed by atoms with Crippen molar-refractivity contribution in [2.45, 2.75) is 131 Å². The molecular formula is C31H50O4. The number of esters is 1. The maximum atomic E-state index is 12.6. The van der Waals surface area contributed by atoms with Crippen LogP contribution in [0.2, 0.25) is 0 Å². The highest BCUT2D eigenvalue weighted by atomic mass is 16.6. The minimum atomic E-state index is -0.435. The summed E-state index contributed by atoms with van der Waals surface area (Å²) in [4.78, 5) is 12.6. The van der Waals surface area contributed by atoms with E-state index in [2.05, 4.69) is 48.5 Å². The van der Waals surface area contributed by atoms with E-state index in [1.54, 1.807) is 7.11 Å². The third-order valence-corrected chi connectivity index (χ3v) is 8.58. The number of rotatable bonds is 13. The second-order valence-corrected chi connectivity index (χ2v) is 12.2. The fraction of sp³-hybridized carbons (Fsp3) is 0.774. The first-order valence-corrected chi connectivity index (χ1v) is 14.1. The van der Waals surface area contributed by atoms with E-state index in [1.807, 2.05) is 0 Å². The van der Waals surface area contributed by atoms with Crippen LogP contribution >= 0.6 is 0 Å². The van der Waals surface area contributed by atoms with Gasteiger partial charge in [0.1, 0.15) is 23.2 Å². The smallest absolute Gasteiger partial charge is 0.310 e. The third-order valence-electron chi connectivity index (χ3n) is 8.58. The van der Waals surface area contributed by atoms with Crippen molar-refractivity contribution in [1.82, 2.24) is 0 Å². The average Bonchev–Trinajstić information content (AvgIpc) is 2.77. The Bertz CT molecular complexity index is 873. The predicted octanol–water partition coefficient (Wildman–Crippen LogP) is 8.57. The summed E-state index contributed by atoms with van der Waals surface area (Å²) in [7, 11) is 1.71. The Morgan fingerprint density at radius 2 is 1.49 bits per heavy atom. The molecule has 0 aromatic heterocycles. The van der Waals surface area contributed by atoms with Crippen molar-refractivity contribution in [3.8, 4) is 11.5 Å². The summed E-state index contributed by atoms with van der Waals surface area (Å²) in [5, 5.41) is 0. The molecule has 0 radical (unpaired) electrons. The van der Waals surface area contributed by atoms with Crippen molar-refractivity contribution < 1.29 is 19.0 Å². The van der Waals surface area contributed by atoms with Crippen LogP contribution in [0.25, 0.3) is 0 Å². The molecule has 198 valence electrons. The first-order valence-electron chi connectivity index (χ1n) is 14.1. The lowest BCUT2D eigenvalue weighted by molar-refractivity contribution is -0.173. The number of methoxy groups -OCH3 is 1. The number of carbonyl (C=O) groups excluding carboxylic acids is 1. The van der Waals surface area contributed by atoms with Crippen LogP contribution in [0.4, 0.5) is 0 Å². The summed E-state index contributed by atoms with van der Waals surface area (Å²) >= 11 is 0. The quantitative estimate of drug-likeness (QED) is 0.262. The molecule has 1 saturated heterocycles. The van der Waals surface area contributed by atoms with E-state index in [4.69, 9.17) is 14.2 Å². The SMILES string of the molecule is COc1c(C)c(C)c2c(c1C)[C@@H]1C[C@@](CCC[C@H](C)CCC[C@H](C)CCCC(C)C)(CC(=O)O1)O2. The Labute approximate surface area is 214 Å². The maximum absolute atomic E-state index is 12.6. The van der Waals surface area contributed by atoms with Gasteiger partial charge in [0.15, 0.2) is 0 Å². The van der Waals surface area contributed by atoms with Crippen LogP contribution in [0.3, 0.4) is 0 Å². The van der Waals surface area contributed by atoms with Gasteiger partial charge in [-0.05, 0) is 62.5 Å². The van der Waals surface area contributed by atoms with Crippen LogP contribution in [0.15, 0.2) is 0 Å². The molecular weight excluding hydrogens is 436 g/mol. The molecule has 0 aliphatic carbocycles. The number of hydrogen-bond donors (Lipinski definition) is 0. The molecule has 4 heteroatoms. The van der Waals surface area contributed by atoms with Gasteiger partial charge in [-0.1, -0.05) is 72.6 Å². The van der Waals surface area contributed by atoms with Gasteiger partial charge in [-0.2, -0.15) is 0 Å². The lowest BCUT2D eigenvalue weighted by Gasteiger charge is -2.46. The zero-order valence-electron chi connectivity index (χ0n) is 23.7. The fourth-order valence-electron chi connectivity index (χ4n) is 6.30. The molecule has 3 rings (SSSR count). The summed E-state index contributed by atoms with van der Waals surface area (Å²) in [6.45, 7) is 15.7. The van der Waals surface area contributed by atoms with Gasteiger partial charge in [-0.3, -0.25) is 4.79 Å². The average molecular weight is 487 g/mol. The van der Waals surface area contributed by atoms with Crippen LogP contribution < -0.4 is 9.47 Å². The molecule has 2 aliphatic rings. The van der Waals surface area contributed by atoms with Crippen LogP contribution in [0.1, 0.15) is 127 Å². The molecule has 0 amide bonds. The minimum Gasteiger partial charge on any atom is -0.496 e. The normalized spacial score (nSPS) is 22.9.